The summed E-state index contributed by atoms with van der Waals surface area (Å²) in [6.45, 7) is 0. The Kier molecular flexibility index (Phi) is 3.69. The van der Waals surface area contributed by atoms with Crippen LogP contribution in [0.15, 0.2) is 83.9 Å². The average Bonchev–Trinajstić information content (AvgIpc) is 3.09. The summed E-state index contributed by atoms with van der Waals surface area (Å²) in [6, 6.07) is 22.8. The first-order valence-corrected chi connectivity index (χ1v) is 8.96. The van der Waals surface area contributed by atoms with E-state index in [1.165, 1.54) is 0 Å². The van der Waals surface area contributed by atoms with Crippen molar-refractivity contribution in [2.24, 2.45) is 7.05 Å². The molecule has 5 aromatic rings. The molecule has 0 aliphatic rings. The standard InChI is InChI=1S/C22H17N5O/c1-26-14-23-19-12-11-15(13-20(19)26)24-22-25-18-10-6-5-9-17(18)21(28)27(22)16-7-3-2-4-8-16/h2-14H,1H3,(H,24,25). The van der Waals surface area contributed by atoms with Gasteiger partial charge in [0, 0.05) is 12.7 Å². The number of hydrogen-bond acceptors (Lipinski definition) is 4. The summed E-state index contributed by atoms with van der Waals surface area (Å²) in [7, 11) is 1.95. The molecule has 0 spiro atoms. The lowest BCUT2D eigenvalue weighted by Gasteiger charge is -2.15. The summed E-state index contributed by atoms with van der Waals surface area (Å²) in [5.74, 6) is 0.469. The van der Waals surface area contributed by atoms with Crippen molar-refractivity contribution < 1.29 is 0 Å². The lowest BCUT2D eigenvalue weighted by atomic mass is 10.2. The van der Waals surface area contributed by atoms with E-state index < -0.39 is 0 Å². The highest BCUT2D eigenvalue weighted by molar-refractivity contribution is 5.82. The van der Waals surface area contributed by atoms with E-state index in [2.05, 4.69) is 10.3 Å². The summed E-state index contributed by atoms with van der Waals surface area (Å²) in [5.41, 5.74) is 4.06. The van der Waals surface area contributed by atoms with Crippen molar-refractivity contribution in [3.63, 3.8) is 0 Å². The third kappa shape index (κ3) is 2.63. The lowest BCUT2D eigenvalue weighted by molar-refractivity contribution is 0.947. The summed E-state index contributed by atoms with van der Waals surface area (Å²) in [6.07, 6.45) is 1.78. The van der Waals surface area contributed by atoms with E-state index in [0.29, 0.717) is 16.9 Å². The van der Waals surface area contributed by atoms with E-state index in [-0.39, 0.29) is 5.56 Å². The topological polar surface area (TPSA) is 64.7 Å². The van der Waals surface area contributed by atoms with Crippen molar-refractivity contribution in [1.82, 2.24) is 19.1 Å². The number of nitrogens with one attached hydrogen (secondary N) is 1. The summed E-state index contributed by atoms with van der Waals surface area (Å²) >= 11 is 0. The first-order valence-electron chi connectivity index (χ1n) is 8.96. The van der Waals surface area contributed by atoms with Gasteiger partial charge >= 0.3 is 0 Å². The minimum atomic E-state index is -0.110. The van der Waals surface area contributed by atoms with Gasteiger partial charge in [-0.25, -0.2) is 14.5 Å². The predicted octanol–water partition coefficient (Wildman–Crippen LogP) is 4.02. The molecule has 3 aromatic carbocycles. The van der Waals surface area contributed by atoms with Crippen LogP contribution in [0.2, 0.25) is 0 Å². The van der Waals surface area contributed by atoms with Crippen LogP contribution in [0.5, 0.6) is 0 Å². The minimum absolute atomic E-state index is 0.110. The van der Waals surface area contributed by atoms with E-state index in [1.807, 2.05) is 78.3 Å². The maximum absolute atomic E-state index is 13.2. The number of benzene rings is 3. The van der Waals surface area contributed by atoms with Gasteiger partial charge in [0.05, 0.1) is 34.0 Å². The van der Waals surface area contributed by atoms with Gasteiger partial charge in [0.25, 0.3) is 5.56 Å². The fourth-order valence-corrected chi connectivity index (χ4v) is 3.37. The SMILES string of the molecule is Cn1cnc2ccc(Nc3nc4ccccc4c(=O)n3-c3ccccc3)cc21. The van der Waals surface area contributed by atoms with Gasteiger partial charge in [-0.05, 0) is 42.5 Å². The Labute approximate surface area is 160 Å². The monoisotopic (exact) mass is 367 g/mol. The Bertz CT molecular complexity index is 1370. The zero-order chi connectivity index (χ0) is 19.1. The van der Waals surface area contributed by atoms with E-state index in [0.717, 1.165) is 22.4 Å². The quantitative estimate of drug-likeness (QED) is 0.523. The molecule has 6 nitrogen and oxygen atoms in total. The van der Waals surface area contributed by atoms with Gasteiger partial charge in [-0.15, -0.1) is 0 Å². The molecule has 0 aliphatic heterocycles. The normalized spacial score (nSPS) is 11.2. The molecule has 1 N–H and O–H groups in total. The molecule has 0 amide bonds. The van der Waals surface area contributed by atoms with Gasteiger partial charge in [-0.2, -0.15) is 0 Å². The van der Waals surface area contributed by atoms with E-state index in [1.54, 1.807) is 17.0 Å². The molecule has 2 aromatic heterocycles. The molecule has 28 heavy (non-hydrogen) atoms. The largest absolute Gasteiger partial charge is 0.334 e. The van der Waals surface area contributed by atoms with E-state index in [4.69, 9.17) is 4.98 Å². The molecule has 6 heteroatoms. The van der Waals surface area contributed by atoms with Crippen LogP contribution in [-0.4, -0.2) is 19.1 Å². The fourth-order valence-electron chi connectivity index (χ4n) is 3.37. The molecule has 0 aliphatic carbocycles. The van der Waals surface area contributed by atoms with E-state index >= 15 is 0 Å². The number of para-hydroxylation sites is 2. The number of fused-ring (bicyclic) bond motifs is 2. The van der Waals surface area contributed by atoms with Crippen LogP contribution in [0, 0.1) is 0 Å². The average molecular weight is 367 g/mol. The molecular formula is C22H17N5O. The number of imidazole rings is 1. The number of nitrogens with zero attached hydrogens (tertiary/aromatic N) is 4. The van der Waals surface area contributed by atoms with Crippen molar-refractivity contribution >= 4 is 33.6 Å². The summed E-state index contributed by atoms with van der Waals surface area (Å²) in [4.78, 5) is 22.3. The molecule has 0 saturated carbocycles. The van der Waals surface area contributed by atoms with Crippen molar-refractivity contribution in [3.05, 3.63) is 89.5 Å². The first-order chi connectivity index (χ1) is 13.7. The maximum Gasteiger partial charge on any atom is 0.267 e. The number of anilines is 2. The Balaban J connectivity index is 1.72. The van der Waals surface area contributed by atoms with Crippen LogP contribution in [0.4, 0.5) is 11.6 Å². The molecule has 0 unspecified atom stereocenters. The Hall–Kier alpha value is -3.93. The molecule has 0 bridgehead atoms. The van der Waals surface area contributed by atoms with Gasteiger partial charge in [-0.3, -0.25) is 4.79 Å². The Morgan fingerprint density at radius 2 is 1.68 bits per heavy atom. The first kappa shape index (κ1) is 16.3. The second-order valence-corrected chi connectivity index (χ2v) is 6.61. The summed E-state index contributed by atoms with van der Waals surface area (Å²) in [5, 5.41) is 3.91. The highest BCUT2D eigenvalue weighted by Gasteiger charge is 2.13. The number of rotatable bonds is 3. The van der Waals surface area contributed by atoms with Crippen molar-refractivity contribution in [1.29, 1.82) is 0 Å². The Morgan fingerprint density at radius 3 is 2.54 bits per heavy atom. The van der Waals surface area contributed by atoms with E-state index in [9.17, 15) is 4.79 Å². The zero-order valence-electron chi connectivity index (χ0n) is 15.2. The molecule has 0 radical (unpaired) electrons. The van der Waals surface area contributed by atoms with Crippen molar-refractivity contribution in [2.75, 3.05) is 5.32 Å². The fraction of sp³-hybridized carbons (Fsp3) is 0.0455. The van der Waals surface area contributed by atoms with Crippen molar-refractivity contribution in [2.45, 2.75) is 0 Å². The van der Waals surface area contributed by atoms with Crippen LogP contribution in [-0.2, 0) is 7.05 Å². The molecule has 2 heterocycles. The smallest absolute Gasteiger partial charge is 0.267 e. The highest BCUT2D eigenvalue weighted by atomic mass is 16.1. The zero-order valence-corrected chi connectivity index (χ0v) is 15.2. The molecule has 0 fully saturated rings. The van der Waals surface area contributed by atoms with Crippen LogP contribution < -0.4 is 10.9 Å². The number of aryl methyl sites for hydroxylation is 1. The van der Waals surface area contributed by atoms with Gasteiger partial charge in [0.15, 0.2) is 0 Å². The van der Waals surface area contributed by atoms with Crippen LogP contribution >= 0.6 is 0 Å². The van der Waals surface area contributed by atoms with Crippen molar-refractivity contribution in [3.8, 4) is 5.69 Å². The number of aromatic nitrogens is 4. The number of hydrogen-bond donors (Lipinski definition) is 1. The molecular weight excluding hydrogens is 350 g/mol. The van der Waals surface area contributed by atoms with Crippen LogP contribution in [0.3, 0.4) is 0 Å². The molecule has 5 rings (SSSR count). The van der Waals surface area contributed by atoms with Gasteiger partial charge < -0.3 is 9.88 Å². The molecule has 0 atom stereocenters. The van der Waals surface area contributed by atoms with Gasteiger partial charge in [-0.1, -0.05) is 30.3 Å². The highest BCUT2D eigenvalue weighted by Crippen LogP contribution is 2.23. The third-order valence-corrected chi connectivity index (χ3v) is 4.77. The predicted molar refractivity (Wildman–Crippen MR) is 111 cm³/mol. The lowest BCUT2D eigenvalue weighted by Crippen LogP contribution is -2.22. The summed E-state index contributed by atoms with van der Waals surface area (Å²) < 4.78 is 3.56. The maximum atomic E-state index is 13.2. The van der Waals surface area contributed by atoms with Gasteiger partial charge in [0.2, 0.25) is 5.95 Å². The van der Waals surface area contributed by atoms with Crippen LogP contribution in [0.1, 0.15) is 0 Å². The van der Waals surface area contributed by atoms with Crippen LogP contribution in [0.25, 0.3) is 27.6 Å². The van der Waals surface area contributed by atoms with Gasteiger partial charge in [0.1, 0.15) is 0 Å². The molecule has 0 saturated heterocycles. The minimum Gasteiger partial charge on any atom is -0.334 e. The second-order valence-electron chi connectivity index (χ2n) is 6.61. The molecule has 136 valence electrons. The second kappa shape index (κ2) is 6.35. The third-order valence-electron chi connectivity index (χ3n) is 4.77. The Morgan fingerprint density at radius 1 is 0.893 bits per heavy atom.